The van der Waals surface area contributed by atoms with Gasteiger partial charge in [0.05, 0.1) is 4.87 Å². The molecule has 2 fully saturated rings. The molecule has 1 aromatic carbocycles. The summed E-state index contributed by atoms with van der Waals surface area (Å²) < 4.78 is 0. The number of benzene rings is 1. The summed E-state index contributed by atoms with van der Waals surface area (Å²) in [7, 11) is 0. The van der Waals surface area contributed by atoms with Gasteiger partial charge in [-0.05, 0) is 48.6 Å². The van der Waals surface area contributed by atoms with Gasteiger partial charge < -0.3 is 5.32 Å². The number of fused-ring (bicyclic) bond motifs is 1. The first-order chi connectivity index (χ1) is 8.38. The van der Waals surface area contributed by atoms with E-state index >= 15 is 0 Å². The molecule has 0 radical (unpaired) electrons. The van der Waals surface area contributed by atoms with Gasteiger partial charge in [-0.25, -0.2) is 0 Å². The van der Waals surface area contributed by atoms with Crippen LogP contribution in [0.2, 0.25) is 0 Å². The highest BCUT2D eigenvalue weighted by Crippen LogP contribution is 2.54. The summed E-state index contributed by atoms with van der Waals surface area (Å²) in [5, 5.41) is 3.87. The van der Waals surface area contributed by atoms with Gasteiger partial charge in [0.1, 0.15) is 0 Å². The molecule has 17 heavy (non-hydrogen) atoms. The summed E-state index contributed by atoms with van der Waals surface area (Å²) >= 11 is 2.22. The van der Waals surface area contributed by atoms with Crippen LogP contribution in [0.3, 0.4) is 0 Å². The Kier molecular flexibility index (Phi) is 2.31. The Morgan fingerprint density at radius 2 is 1.71 bits per heavy atom. The average molecular weight is 245 g/mol. The third kappa shape index (κ3) is 1.43. The summed E-state index contributed by atoms with van der Waals surface area (Å²) in [5.74, 6) is 3.04. The molecule has 1 saturated carbocycles. The molecular weight excluding hydrogens is 226 g/mol. The lowest BCUT2D eigenvalue weighted by Crippen LogP contribution is -2.46. The number of thioether (sulfide) groups is 1. The normalized spacial score (nSPS) is 39.3. The summed E-state index contributed by atoms with van der Waals surface area (Å²) in [5.41, 5.74) is 3.24. The van der Waals surface area contributed by atoms with Crippen molar-refractivity contribution in [1.29, 1.82) is 0 Å². The van der Waals surface area contributed by atoms with Gasteiger partial charge in [0.25, 0.3) is 0 Å². The maximum atomic E-state index is 3.87. The largest absolute Gasteiger partial charge is 0.301 e. The molecule has 1 spiro atoms. The monoisotopic (exact) mass is 245 g/mol. The van der Waals surface area contributed by atoms with Crippen LogP contribution >= 0.6 is 11.8 Å². The van der Waals surface area contributed by atoms with Crippen molar-refractivity contribution < 1.29 is 0 Å². The van der Waals surface area contributed by atoms with Crippen LogP contribution in [0.5, 0.6) is 0 Å². The zero-order valence-electron chi connectivity index (χ0n) is 10.1. The molecule has 1 N–H and O–H groups in total. The van der Waals surface area contributed by atoms with Gasteiger partial charge in [0, 0.05) is 12.3 Å². The highest BCUT2D eigenvalue weighted by molar-refractivity contribution is 8.00. The quantitative estimate of drug-likeness (QED) is 0.754. The second-order valence-electron chi connectivity index (χ2n) is 5.72. The predicted molar refractivity (Wildman–Crippen MR) is 73.3 cm³/mol. The van der Waals surface area contributed by atoms with E-state index in [0.29, 0.717) is 4.87 Å². The van der Waals surface area contributed by atoms with Gasteiger partial charge in [-0.1, -0.05) is 24.3 Å². The molecule has 4 rings (SSSR count). The van der Waals surface area contributed by atoms with E-state index in [-0.39, 0.29) is 0 Å². The van der Waals surface area contributed by atoms with E-state index in [4.69, 9.17) is 0 Å². The molecule has 1 saturated heterocycles. The third-order valence-corrected chi connectivity index (χ3v) is 6.67. The second-order valence-corrected chi connectivity index (χ2v) is 7.09. The van der Waals surface area contributed by atoms with Crippen LogP contribution in [0.4, 0.5) is 0 Å². The van der Waals surface area contributed by atoms with Crippen LogP contribution in [-0.2, 0) is 12.8 Å². The van der Waals surface area contributed by atoms with Crippen LogP contribution in [0, 0.1) is 11.8 Å². The fourth-order valence-corrected chi connectivity index (χ4v) is 5.82. The van der Waals surface area contributed by atoms with Crippen molar-refractivity contribution >= 4 is 11.8 Å². The Labute approximate surface area is 107 Å². The minimum atomic E-state index is 0.430. The van der Waals surface area contributed by atoms with Crippen molar-refractivity contribution in [2.24, 2.45) is 11.8 Å². The molecule has 2 unspecified atom stereocenters. The van der Waals surface area contributed by atoms with E-state index in [1.54, 1.807) is 11.1 Å². The smallest absolute Gasteiger partial charge is 0.0709 e. The standard InChI is InChI=1S/C15H19NS/c1-2-4-12-10-14-6-5-13(9-11(12)3-1)15(14)16-7-8-17-15/h1-4,13-14,16H,5-10H2. The Morgan fingerprint density at radius 3 is 2.24 bits per heavy atom. The van der Waals surface area contributed by atoms with Gasteiger partial charge in [-0.2, -0.15) is 0 Å². The van der Waals surface area contributed by atoms with Gasteiger partial charge in [0.2, 0.25) is 0 Å². The van der Waals surface area contributed by atoms with Crippen LogP contribution < -0.4 is 5.32 Å². The van der Waals surface area contributed by atoms with Crippen LogP contribution in [0.1, 0.15) is 24.0 Å². The Morgan fingerprint density at radius 1 is 1.06 bits per heavy atom. The minimum absolute atomic E-state index is 0.430. The van der Waals surface area contributed by atoms with E-state index in [1.165, 1.54) is 38.0 Å². The lowest BCUT2D eigenvalue weighted by atomic mass is 9.94. The molecule has 3 aliphatic rings. The minimum Gasteiger partial charge on any atom is -0.301 e. The van der Waals surface area contributed by atoms with Crippen molar-refractivity contribution in [2.45, 2.75) is 30.6 Å². The topological polar surface area (TPSA) is 12.0 Å². The van der Waals surface area contributed by atoms with Gasteiger partial charge in [-0.15, -0.1) is 11.8 Å². The van der Waals surface area contributed by atoms with E-state index in [0.717, 1.165) is 11.8 Å². The van der Waals surface area contributed by atoms with Crippen molar-refractivity contribution in [3.8, 4) is 0 Å². The van der Waals surface area contributed by atoms with Crippen molar-refractivity contribution in [3.05, 3.63) is 35.4 Å². The highest BCUT2D eigenvalue weighted by Gasteiger charge is 2.53. The van der Waals surface area contributed by atoms with E-state index in [1.807, 2.05) is 0 Å². The van der Waals surface area contributed by atoms with E-state index in [2.05, 4.69) is 41.3 Å². The third-order valence-electron chi connectivity index (χ3n) is 4.97. The SMILES string of the molecule is c1ccc2c(c1)CC1CCC(C2)C12NCCS2. The Bertz CT molecular complexity index is 401. The Balaban J connectivity index is 1.78. The maximum Gasteiger partial charge on any atom is 0.0709 e. The first-order valence-electron chi connectivity index (χ1n) is 6.84. The molecule has 1 heterocycles. The number of hydrogen-bond acceptors (Lipinski definition) is 2. The molecular formula is C15H19NS. The molecule has 1 nitrogen and oxygen atoms in total. The number of hydrogen-bond donors (Lipinski definition) is 1. The second kappa shape index (κ2) is 3.76. The molecule has 0 aromatic heterocycles. The maximum absolute atomic E-state index is 3.87. The fourth-order valence-electron chi connectivity index (χ4n) is 4.20. The molecule has 2 heteroatoms. The number of nitrogens with one attached hydrogen (secondary N) is 1. The Hall–Kier alpha value is -0.470. The molecule has 2 bridgehead atoms. The first-order valence-corrected chi connectivity index (χ1v) is 7.83. The lowest BCUT2D eigenvalue weighted by Gasteiger charge is -2.34. The average Bonchev–Trinajstić information content (AvgIpc) is 2.88. The molecule has 2 atom stereocenters. The zero-order chi connectivity index (χ0) is 11.3. The van der Waals surface area contributed by atoms with E-state index < -0.39 is 0 Å². The molecule has 1 aliphatic heterocycles. The first kappa shape index (κ1) is 10.5. The molecule has 2 aliphatic carbocycles. The van der Waals surface area contributed by atoms with Crippen LogP contribution in [0.15, 0.2) is 24.3 Å². The zero-order valence-corrected chi connectivity index (χ0v) is 10.9. The van der Waals surface area contributed by atoms with E-state index in [9.17, 15) is 0 Å². The van der Waals surface area contributed by atoms with Gasteiger partial charge >= 0.3 is 0 Å². The van der Waals surface area contributed by atoms with Gasteiger partial charge in [0.15, 0.2) is 0 Å². The summed E-state index contributed by atoms with van der Waals surface area (Å²) in [6, 6.07) is 9.12. The van der Waals surface area contributed by atoms with Crippen LogP contribution in [-0.4, -0.2) is 17.2 Å². The summed E-state index contributed by atoms with van der Waals surface area (Å²) in [6.45, 7) is 1.22. The number of rotatable bonds is 0. The van der Waals surface area contributed by atoms with Crippen molar-refractivity contribution in [2.75, 3.05) is 12.3 Å². The van der Waals surface area contributed by atoms with Gasteiger partial charge in [-0.3, -0.25) is 0 Å². The van der Waals surface area contributed by atoms with Crippen LogP contribution in [0.25, 0.3) is 0 Å². The molecule has 0 amide bonds. The van der Waals surface area contributed by atoms with Crippen molar-refractivity contribution in [1.82, 2.24) is 5.32 Å². The fraction of sp³-hybridized carbons (Fsp3) is 0.600. The molecule has 1 aromatic rings. The lowest BCUT2D eigenvalue weighted by molar-refractivity contribution is 0.320. The van der Waals surface area contributed by atoms with Crippen molar-refractivity contribution in [3.63, 3.8) is 0 Å². The predicted octanol–water partition coefficient (Wildman–Crippen LogP) is 2.84. The highest BCUT2D eigenvalue weighted by atomic mass is 32.2. The summed E-state index contributed by atoms with van der Waals surface area (Å²) in [4.78, 5) is 0.430. The summed E-state index contributed by atoms with van der Waals surface area (Å²) in [6.07, 6.45) is 5.46. The molecule has 90 valence electrons.